The van der Waals surface area contributed by atoms with Crippen molar-refractivity contribution in [1.82, 2.24) is 0 Å². The molecular weight excluding hydrogens is 472 g/mol. The monoisotopic (exact) mass is 510 g/mol. The Morgan fingerprint density at radius 1 is 0.906 bits per heavy atom. The molecule has 0 aromatic heterocycles. The van der Waals surface area contributed by atoms with Gasteiger partial charge in [-0.1, -0.05) is 58.4 Å². The third-order valence-electron chi connectivity index (χ3n) is 5.75. The van der Waals surface area contributed by atoms with E-state index in [1.165, 1.54) is 5.56 Å². The molecular formula is C26H39BrO5. The molecule has 0 bridgehead atoms. The van der Waals surface area contributed by atoms with Gasteiger partial charge in [0, 0.05) is 24.8 Å². The molecule has 2 aliphatic rings. The molecule has 0 unspecified atom stereocenters. The molecule has 1 aromatic rings. The van der Waals surface area contributed by atoms with Gasteiger partial charge < -0.3 is 23.7 Å². The lowest BCUT2D eigenvalue weighted by atomic mass is 9.95. The zero-order valence-corrected chi connectivity index (χ0v) is 21.6. The van der Waals surface area contributed by atoms with Gasteiger partial charge in [0.25, 0.3) is 0 Å². The van der Waals surface area contributed by atoms with Crippen LogP contribution in [-0.2, 0) is 30.3 Å². The minimum absolute atomic E-state index is 0.0881. The molecule has 4 atom stereocenters. The van der Waals surface area contributed by atoms with E-state index in [1.54, 1.807) is 0 Å². The van der Waals surface area contributed by atoms with Crippen molar-refractivity contribution in [2.45, 2.75) is 102 Å². The first-order valence-corrected chi connectivity index (χ1v) is 12.8. The lowest BCUT2D eigenvalue weighted by molar-refractivity contribution is -0.301. The van der Waals surface area contributed by atoms with Crippen molar-refractivity contribution in [3.8, 4) is 0 Å². The van der Waals surface area contributed by atoms with Crippen LogP contribution >= 0.6 is 15.9 Å². The summed E-state index contributed by atoms with van der Waals surface area (Å²) in [5.74, 6) is -1.17. The summed E-state index contributed by atoms with van der Waals surface area (Å²) in [6.07, 6.45) is 4.69. The summed E-state index contributed by atoms with van der Waals surface area (Å²) >= 11 is 3.55. The van der Waals surface area contributed by atoms with Crippen molar-refractivity contribution >= 4 is 15.9 Å². The minimum atomic E-state index is -0.606. The van der Waals surface area contributed by atoms with Crippen molar-refractivity contribution < 1.29 is 23.7 Å². The van der Waals surface area contributed by atoms with Gasteiger partial charge in [-0.2, -0.15) is 0 Å². The molecule has 0 saturated carbocycles. The molecule has 32 heavy (non-hydrogen) atoms. The summed E-state index contributed by atoms with van der Waals surface area (Å²) in [6, 6.07) is 10.3. The normalized spacial score (nSPS) is 29.5. The SMILES string of the molecule is C=C(C[C@@H]1C[C@@H](CCOCc2ccccc2)OC(C)(C)O1)C[C@H]1C[C@H](CBr)OC(C)(C)O1. The lowest BCUT2D eigenvalue weighted by Crippen LogP contribution is -2.46. The maximum Gasteiger partial charge on any atom is 0.163 e. The van der Waals surface area contributed by atoms with Crippen LogP contribution in [0.3, 0.4) is 0 Å². The molecule has 3 rings (SSSR count). The van der Waals surface area contributed by atoms with E-state index in [0.29, 0.717) is 13.2 Å². The number of benzene rings is 1. The van der Waals surface area contributed by atoms with Crippen LogP contribution in [0.15, 0.2) is 42.5 Å². The van der Waals surface area contributed by atoms with Crippen molar-refractivity contribution in [2.75, 3.05) is 11.9 Å². The maximum absolute atomic E-state index is 6.23. The molecule has 1 aromatic carbocycles. The number of ether oxygens (including phenoxy) is 5. The highest BCUT2D eigenvalue weighted by molar-refractivity contribution is 9.09. The average molecular weight is 511 g/mol. The second-order valence-electron chi connectivity index (χ2n) is 9.87. The van der Waals surface area contributed by atoms with Gasteiger partial charge in [0.15, 0.2) is 11.6 Å². The van der Waals surface area contributed by atoms with E-state index >= 15 is 0 Å². The van der Waals surface area contributed by atoms with Crippen LogP contribution in [0.4, 0.5) is 0 Å². The van der Waals surface area contributed by atoms with Crippen LogP contribution in [0.5, 0.6) is 0 Å². The zero-order chi connectivity index (χ0) is 23.2. The molecule has 2 aliphatic heterocycles. The fourth-order valence-corrected chi connectivity index (χ4v) is 5.06. The molecule has 0 spiro atoms. The van der Waals surface area contributed by atoms with Crippen molar-refractivity contribution in [2.24, 2.45) is 0 Å². The van der Waals surface area contributed by atoms with Crippen molar-refractivity contribution in [3.63, 3.8) is 0 Å². The van der Waals surface area contributed by atoms with Gasteiger partial charge >= 0.3 is 0 Å². The maximum atomic E-state index is 6.23. The Labute approximate surface area is 201 Å². The van der Waals surface area contributed by atoms with E-state index in [9.17, 15) is 0 Å². The molecule has 2 fully saturated rings. The van der Waals surface area contributed by atoms with Gasteiger partial charge in [0.2, 0.25) is 0 Å². The highest BCUT2D eigenvalue weighted by atomic mass is 79.9. The number of halogens is 1. The molecule has 6 heteroatoms. The topological polar surface area (TPSA) is 46.2 Å². The highest BCUT2D eigenvalue weighted by Crippen LogP contribution is 2.34. The Morgan fingerprint density at radius 2 is 1.44 bits per heavy atom. The largest absolute Gasteiger partial charge is 0.377 e. The molecule has 2 heterocycles. The van der Waals surface area contributed by atoms with E-state index in [0.717, 1.165) is 43.0 Å². The minimum Gasteiger partial charge on any atom is -0.377 e. The summed E-state index contributed by atoms with van der Waals surface area (Å²) in [5.41, 5.74) is 2.35. The molecule has 5 nitrogen and oxygen atoms in total. The van der Waals surface area contributed by atoms with Crippen LogP contribution in [0.25, 0.3) is 0 Å². The van der Waals surface area contributed by atoms with E-state index < -0.39 is 11.6 Å². The standard InChI is InChI=1S/C26H39BrO5/c1-19(14-23-16-24(17-27)32-26(4,5)31-23)13-22-15-21(29-25(2,3)30-22)11-12-28-18-20-9-7-6-8-10-20/h6-10,21-24H,1,11-18H2,2-5H3/t21-,22-,23+,24-/m1/s1. The third kappa shape index (κ3) is 8.54. The lowest BCUT2D eigenvalue weighted by Gasteiger charge is -2.42. The second kappa shape index (κ2) is 11.6. The Morgan fingerprint density at radius 3 is 2.03 bits per heavy atom. The molecule has 0 aliphatic carbocycles. The van der Waals surface area contributed by atoms with Gasteiger partial charge in [-0.15, -0.1) is 0 Å². The van der Waals surface area contributed by atoms with Gasteiger partial charge in [-0.05, 0) is 52.5 Å². The Kier molecular flexibility index (Phi) is 9.36. The summed E-state index contributed by atoms with van der Waals surface area (Å²) in [5, 5.41) is 0.814. The van der Waals surface area contributed by atoms with Crippen molar-refractivity contribution in [3.05, 3.63) is 48.0 Å². The first-order valence-electron chi connectivity index (χ1n) is 11.7. The predicted octanol–water partition coefficient (Wildman–Crippen LogP) is 6.15. The quantitative estimate of drug-likeness (QED) is 0.214. The number of hydrogen-bond acceptors (Lipinski definition) is 5. The smallest absolute Gasteiger partial charge is 0.163 e. The average Bonchev–Trinajstić information content (AvgIpc) is 2.69. The molecule has 0 N–H and O–H groups in total. The van der Waals surface area contributed by atoms with Crippen molar-refractivity contribution in [1.29, 1.82) is 0 Å². The molecule has 180 valence electrons. The molecule has 0 radical (unpaired) electrons. The molecule has 0 amide bonds. The summed E-state index contributed by atoms with van der Waals surface area (Å²) in [6.45, 7) is 13.6. The zero-order valence-electron chi connectivity index (χ0n) is 20.0. The van der Waals surface area contributed by atoms with E-state index in [1.807, 2.05) is 45.9 Å². The van der Waals surface area contributed by atoms with Gasteiger partial charge in [0.05, 0.1) is 31.0 Å². The number of rotatable bonds is 10. The summed E-state index contributed by atoms with van der Waals surface area (Å²) in [4.78, 5) is 0. The van der Waals surface area contributed by atoms with E-state index in [4.69, 9.17) is 23.7 Å². The number of hydrogen-bond donors (Lipinski definition) is 0. The molecule has 2 saturated heterocycles. The van der Waals surface area contributed by atoms with Crippen LogP contribution in [0, 0.1) is 0 Å². The van der Waals surface area contributed by atoms with Gasteiger partial charge in [0.1, 0.15) is 0 Å². The Balaban J connectivity index is 1.45. The first kappa shape index (κ1) is 25.9. The summed E-state index contributed by atoms with van der Waals surface area (Å²) < 4.78 is 30.4. The first-order chi connectivity index (χ1) is 15.1. The number of alkyl halides is 1. The fraction of sp³-hybridized carbons (Fsp3) is 0.692. The van der Waals surface area contributed by atoms with Gasteiger partial charge in [-0.25, -0.2) is 0 Å². The van der Waals surface area contributed by atoms with Crippen LogP contribution < -0.4 is 0 Å². The Hall–Kier alpha value is -0.760. The van der Waals surface area contributed by atoms with E-state index in [-0.39, 0.29) is 24.4 Å². The third-order valence-corrected chi connectivity index (χ3v) is 6.48. The van der Waals surface area contributed by atoms with Crippen LogP contribution in [-0.4, -0.2) is 47.9 Å². The second-order valence-corrected chi connectivity index (χ2v) is 10.5. The van der Waals surface area contributed by atoms with Crippen LogP contribution in [0.1, 0.15) is 65.4 Å². The van der Waals surface area contributed by atoms with Gasteiger partial charge in [-0.3, -0.25) is 0 Å². The van der Waals surface area contributed by atoms with E-state index in [2.05, 4.69) is 34.6 Å². The highest BCUT2D eigenvalue weighted by Gasteiger charge is 2.37. The fourth-order valence-electron chi connectivity index (χ4n) is 4.67. The summed E-state index contributed by atoms with van der Waals surface area (Å²) in [7, 11) is 0. The predicted molar refractivity (Wildman–Crippen MR) is 130 cm³/mol. The van der Waals surface area contributed by atoms with Crippen LogP contribution in [0.2, 0.25) is 0 Å². The Bertz CT molecular complexity index is 720.